The van der Waals surface area contributed by atoms with Gasteiger partial charge in [-0.25, -0.2) is 0 Å². The molecule has 0 radical (unpaired) electrons. The standard InChI is InChI=1S/C53H90O6/c1-4-7-10-13-16-19-22-24-25-26-27-29-31-34-37-40-43-46-52(55)58-49-50(48-57-51(54)45-42-39-36-33-30-21-18-15-12-9-6-3)59-53(56)47-44-41-38-35-32-28-23-20-17-14-11-8-5-2/h15-16,18-19,21,24-25,28,30,32,38,41,50H,4-14,17,20,22-23,26-27,29,31,33-37,39-40,42-49H2,1-3H3/b18-15-,19-16-,25-24-,30-21-,32-28-,41-38-. The van der Waals surface area contributed by atoms with Crippen LogP contribution in [0.4, 0.5) is 0 Å². The maximum Gasteiger partial charge on any atom is 0.306 e. The number of allylic oxidation sites excluding steroid dienone is 12. The molecule has 0 aromatic carbocycles. The molecule has 338 valence electrons. The van der Waals surface area contributed by atoms with E-state index in [0.717, 1.165) is 77.0 Å². The van der Waals surface area contributed by atoms with E-state index in [-0.39, 0.29) is 37.5 Å². The summed E-state index contributed by atoms with van der Waals surface area (Å²) in [6.45, 7) is 6.46. The Kier molecular flexibility index (Phi) is 45.0. The summed E-state index contributed by atoms with van der Waals surface area (Å²) in [5, 5.41) is 0. The van der Waals surface area contributed by atoms with Gasteiger partial charge in [-0.3, -0.25) is 14.4 Å². The minimum atomic E-state index is -0.818. The van der Waals surface area contributed by atoms with Crippen molar-refractivity contribution >= 4 is 17.9 Å². The molecular formula is C53H90O6. The summed E-state index contributed by atoms with van der Waals surface area (Å²) in [6.07, 6.45) is 59.0. The normalized spacial score (nSPS) is 12.7. The number of hydrogen-bond donors (Lipinski definition) is 0. The van der Waals surface area contributed by atoms with E-state index in [1.54, 1.807) is 0 Å². The van der Waals surface area contributed by atoms with Crippen molar-refractivity contribution < 1.29 is 28.6 Å². The molecular weight excluding hydrogens is 733 g/mol. The van der Waals surface area contributed by atoms with Gasteiger partial charge in [0.15, 0.2) is 6.10 Å². The molecule has 0 spiro atoms. The van der Waals surface area contributed by atoms with Crippen molar-refractivity contribution in [3.8, 4) is 0 Å². The highest BCUT2D eigenvalue weighted by atomic mass is 16.6. The lowest BCUT2D eigenvalue weighted by atomic mass is 10.1. The van der Waals surface area contributed by atoms with Crippen LogP contribution in [0.1, 0.15) is 226 Å². The number of carbonyl (C=O) groups is 3. The van der Waals surface area contributed by atoms with Crippen LogP contribution in [0.25, 0.3) is 0 Å². The molecule has 6 nitrogen and oxygen atoms in total. The fraction of sp³-hybridized carbons (Fsp3) is 0.717. The topological polar surface area (TPSA) is 78.9 Å². The molecule has 0 aromatic heterocycles. The fourth-order valence-corrected chi connectivity index (χ4v) is 6.44. The molecule has 0 heterocycles. The molecule has 0 aliphatic rings. The highest BCUT2D eigenvalue weighted by Gasteiger charge is 2.19. The van der Waals surface area contributed by atoms with Crippen molar-refractivity contribution in [2.45, 2.75) is 232 Å². The summed E-state index contributed by atoms with van der Waals surface area (Å²) in [5.74, 6) is -1.02. The molecule has 0 N–H and O–H groups in total. The summed E-state index contributed by atoms with van der Waals surface area (Å²) in [5.41, 5.74) is 0. The third-order valence-corrected chi connectivity index (χ3v) is 10.2. The molecule has 0 aliphatic carbocycles. The first-order chi connectivity index (χ1) is 29.0. The second-order valence-corrected chi connectivity index (χ2v) is 16.0. The summed E-state index contributed by atoms with van der Waals surface area (Å²) >= 11 is 0. The van der Waals surface area contributed by atoms with Crippen LogP contribution in [0.5, 0.6) is 0 Å². The zero-order valence-corrected chi connectivity index (χ0v) is 38.5. The Morgan fingerprint density at radius 2 is 0.712 bits per heavy atom. The molecule has 0 saturated carbocycles. The summed E-state index contributed by atoms with van der Waals surface area (Å²) in [6, 6.07) is 0. The van der Waals surface area contributed by atoms with E-state index in [4.69, 9.17) is 14.2 Å². The van der Waals surface area contributed by atoms with Gasteiger partial charge in [-0.05, 0) is 89.9 Å². The van der Waals surface area contributed by atoms with Gasteiger partial charge < -0.3 is 14.2 Å². The molecule has 0 aliphatic heterocycles. The van der Waals surface area contributed by atoms with Crippen molar-refractivity contribution in [3.63, 3.8) is 0 Å². The zero-order chi connectivity index (χ0) is 43.0. The lowest BCUT2D eigenvalue weighted by Crippen LogP contribution is -2.30. The molecule has 0 aromatic rings. The quantitative estimate of drug-likeness (QED) is 0.0200. The first-order valence-electron chi connectivity index (χ1n) is 24.5. The summed E-state index contributed by atoms with van der Waals surface area (Å²) in [7, 11) is 0. The number of esters is 3. The number of carbonyl (C=O) groups excluding carboxylic acids is 3. The minimum Gasteiger partial charge on any atom is -0.462 e. The van der Waals surface area contributed by atoms with Gasteiger partial charge in [0.25, 0.3) is 0 Å². The first kappa shape index (κ1) is 55.9. The lowest BCUT2D eigenvalue weighted by Gasteiger charge is -2.18. The summed E-state index contributed by atoms with van der Waals surface area (Å²) < 4.78 is 16.6. The Balaban J connectivity index is 4.46. The van der Waals surface area contributed by atoms with Gasteiger partial charge in [0.2, 0.25) is 0 Å². The maximum atomic E-state index is 12.7. The fourth-order valence-electron chi connectivity index (χ4n) is 6.44. The maximum absolute atomic E-state index is 12.7. The highest BCUT2D eigenvalue weighted by Crippen LogP contribution is 2.13. The Labute approximate surface area is 363 Å². The second-order valence-electron chi connectivity index (χ2n) is 16.0. The van der Waals surface area contributed by atoms with Crippen LogP contribution in [0, 0.1) is 0 Å². The molecule has 0 rings (SSSR count). The van der Waals surface area contributed by atoms with E-state index in [1.165, 1.54) is 103 Å². The number of ether oxygens (including phenoxy) is 3. The third-order valence-electron chi connectivity index (χ3n) is 10.2. The Bertz CT molecular complexity index is 1130. The second kappa shape index (κ2) is 47.5. The molecule has 0 amide bonds. The van der Waals surface area contributed by atoms with Crippen molar-refractivity contribution in [3.05, 3.63) is 72.9 Å². The van der Waals surface area contributed by atoms with Gasteiger partial charge in [0, 0.05) is 19.3 Å². The molecule has 6 heteroatoms. The molecule has 0 saturated heterocycles. The van der Waals surface area contributed by atoms with Gasteiger partial charge in [0.1, 0.15) is 13.2 Å². The minimum absolute atomic E-state index is 0.111. The molecule has 0 bridgehead atoms. The van der Waals surface area contributed by atoms with Crippen molar-refractivity contribution in [1.29, 1.82) is 0 Å². The van der Waals surface area contributed by atoms with Crippen LogP contribution < -0.4 is 0 Å². The zero-order valence-electron chi connectivity index (χ0n) is 38.5. The van der Waals surface area contributed by atoms with Crippen LogP contribution in [-0.2, 0) is 28.6 Å². The number of unbranched alkanes of at least 4 members (excludes halogenated alkanes) is 21. The Morgan fingerprint density at radius 1 is 0.356 bits per heavy atom. The van der Waals surface area contributed by atoms with Gasteiger partial charge in [-0.15, -0.1) is 0 Å². The molecule has 1 unspecified atom stereocenters. The van der Waals surface area contributed by atoms with E-state index >= 15 is 0 Å². The lowest BCUT2D eigenvalue weighted by molar-refractivity contribution is -0.166. The molecule has 1 atom stereocenters. The van der Waals surface area contributed by atoms with E-state index < -0.39 is 6.10 Å². The first-order valence-corrected chi connectivity index (χ1v) is 24.5. The van der Waals surface area contributed by atoms with Gasteiger partial charge in [-0.1, -0.05) is 190 Å². The molecule has 0 fully saturated rings. The van der Waals surface area contributed by atoms with Crippen molar-refractivity contribution in [2.24, 2.45) is 0 Å². The van der Waals surface area contributed by atoms with Gasteiger partial charge in [0.05, 0.1) is 0 Å². The SMILES string of the molecule is CCCC/C=C\C=C/CCCCCC(=O)OCC(COC(=O)CCCCCCCCC/C=C\C/C=C\CCCCC)OC(=O)CC/C=C\C/C=C\CCCCCCCC. The predicted molar refractivity (Wildman–Crippen MR) is 251 cm³/mol. The number of rotatable bonds is 43. The molecule has 59 heavy (non-hydrogen) atoms. The monoisotopic (exact) mass is 823 g/mol. The van der Waals surface area contributed by atoms with Crippen LogP contribution in [0.15, 0.2) is 72.9 Å². The Morgan fingerprint density at radius 3 is 1.20 bits per heavy atom. The number of hydrogen-bond acceptors (Lipinski definition) is 6. The van der Waals surface area contributed by atoms with Crippen LogP contribution in [0.3, 0.4) is 0 Å². The van der Waals surface area contributed by atoms with E-state index in [2.05, 4.69) is 87.6 Å². The van der Waals surface area contributed by atoms with Crippen molar-refractivity contribution in [1.82, 2.24) is 0 Å². The van der Waals surface area contributed by atoms with Gasteiger partial charge >= 0.3 is 17.9 Å². The highest BCUT2D eigenvalue weighted by molar-refractivity contribution is 5.71. The largest absolute Gasteiger partial charge is 0.462 e. The third kappa shape index (κ3) is 45.8. The predicted octanol–water partition coefficient (Wildman–Crippen LogP) is 15.9. The van der Waals surface area contributed by atoms with Crippen LogP contribution in [-0.4, -0.2) is 37.2 Å². The van der Waals surface area contributed by atoms with Gasteiger partial charge in [-0.2, -0.15) is 0 Å². The summed E-state index contributed by atoms with van der Waals surface area (Å²) in [4.78, 5) is 37.8. The van der Waals surface area contributed by atoms with Crippen LogP contribution in [0.2, 0.25) is 0 Å². The smallest absolute Gasteiger partial charge is 0.306 e. The van der Waals surface area contributed by atoms with Crippen LogP contribution >= 0.6 is 0 Å². The van der Waals surface area contributed by atoms with E-state index in [0.29, 0.717) is 19.3 Å². The van der Waals surface area contributed by atoms with E-state index in [9.17, 15) is 14.4 Å². The van der Waals surface area contributed by atoms with Crippen molar-refractivity contribution in [2.75, 3.05) is 13.2 Å². The van der Waals surface area contributed by atoms with E-state index in [1.807, 2.05) is 6.08 Å². The average molecular weight is 823 g/mol. The average Bonchev–Trinajstić information content (AvgIpc) is 3.23. The Hall–Kier alpha value is -3.15.